The Morgan fingerprint density at radius 3 is 1.75 bits per heavy atom. The van der Waals surface area contributed by atoms with E-state index in [-0.39, 0.29) is 5.91 Å². The standard InChI is InChI=1S/C7H8N2O.C6H12/c8-9-7(10)6-4-2-1-3-5-6;1-2-4-6-5-3-1/h1-5H,8H2,(H,9,10);1-6H2. The van der Waals surface area contributed by atoms with E-state index in [4.69, 9.17) is 5.84 Å². The molecule has 0 aliphatic heterocycles. The molecule has 0 aromatic heterocycles. The summed E-state index contributed by atoms with van der Waals surface area (Å²) in [6, 6.07) is 8.80. The Hall–Kier alpha value is -1.35. The maximum atomic E-state index is 10.8. The third-order valence-corrected chi connectivity index (χ3v) is 2.67. The molecule has 0 heterocycles. The number of hydrazine groups is 1. The van der Waals surface area contributed by atoms with Crippen LogP contribution < -0.4 is 11.3 Å². The monoisotopic (exact) mass is 220 g/mol. The lowest BCUT2D eigenvalue weighted by Gasteiger charge is -2.05. The van der Waals surface area contributed by atoms with Crippen molar-refractivity contribution in [1.29, 1.82) is 0 Å². The highest BCUT2D eigenvalue weighted by Gasteiger charge is 1.98. The molecule has 1 aliphatic carbocycles. The van der Waals surface area contributed by atoms with E-state index >= 15 is 0 Å². The number of carbonyl (C=O) groups is 1. The molecule has 1 amide bonds. The summed E-state index contributed by atoms with van der Waals surface area (Å²) in [6.45, 7) is 0. The molecule has 1 aromatic carbocycles. The number of carbonyl (C=O) groups excluding carboxylic acids is 1. The van der Waals surface area contributed by atoms with Gasteiger partial charge >= 0.3 is 0 Å². The van der Waals surface area contributed by atoms with Gasteiger partial charge in [-0.05, 0) is 12.1 Å². The zero-order valence-electron chi connectivity index (χ0n) is 9.61. The van der Waals surface area contributed by atoms with Crippen molar-refractivity contribution in [2.24, 2.45) is 5.84 Å². The minimum atomic E-state index is -0.263. The summed E-state index contributed by atoms with van der Waals surface area (Å²) in [4.78, 5) is 10.8. The summed E-state index contributed by atoms with van der Waals surface area (Å²) in [6.07, 6.45) is 9.00. The Labute approximate surface area is 97.0 Å². The van der Waals surface area contributed by atoms with Crippen molar-refractivity contribution < 1.29 is 4.79 Å². The van der Waals surface area contributed by atoms with Gasteiger partial charge < -0.3 is 0 Å². The largest absolute Gasteiger partial charge is 0.290 e. The molecule has 1 fully saturated rings. The molecule has 1 aromatic rings. The molecule has 1 aliphatic rings. The molecule has 0 spiro atoms. The third kappa shape index (κ3) is 4.94. The lowest BCUT2D eigenvalue weighted by atomic mass is 10.0. The SMILES string of the molecule is C1CCCCC1.NNC(=O)c1ccccc1. The molecule has 0 bridgehead atoms. The van der Waals surface area contributed by atoms with E-state index < -0.39 is 0 Å². The first-order valence-electron chi connectivity index (χ1n) is 5.90. The Morgan fingerprint density at radius 1 is 0.938 bits per heavy atom. The topological polar surface area (TPSA) is 55.1 Å². The maximum Gasteiger partial charge on any atom is 0.265 e. The predicted octanol–water partition coefficient (Wildman–Crippen LogP) is 2.63. The van der Waals surface area contributed by atoms with Gasteiger partial charge in [0.15, 0.2) is 0 Å². The van der Waals surface area contributed by atoms with Crippen molar-refractivity contribution in [3.8, 4) is 0 Å². The van der Waals surface area contributed by atoms with Crippen molar-refractivity contribution >= 4 is 5.91 Å². The third-order valence-electron chi connectivity index (χ3n) is 2.67. The van der Waals surface area contributed by atoms with Crippen LogP contribution in [0.15, 0.2) is 30.3 Å². The quantitative estimate of drug-likeness (QED) is 0.434. The Kier molecular flexibility index (Phi) is 6.26. The average Bonchev–Trinajstić information content (AvgIpc) is 2.41. The highest BCUT2D eigenvalue weighted by molar-refractivity contribution is 5.93. The van der Waals surface area contributed by atoms with Crippen LogP contribution in [0, 0.1) is 0 Å². The zero-order chi connectivity index (χ0) is 11.6. The van der Waals surface area contributed by atoms with Crippen molar-refractivity contribution in [3.63, 3.8) is 0 Å². The molecule has 3 heteroatoms. The Balaban J connectivity index is 0.000000181. The van der Waals surface area contributed by atoms with E-state index in [0.29, 0.717) is 5.56 Å². The molecular weight excluding hydrogens is 200 g/mol. The molecular formula is C13H20N2O. The van der Waals surface area contributed by atoms with Crippen LogP contribution in [-0.2, 0) is 0 Å². The second kappa shape index (κ2) is 7.88. The zero-order valence-corrected chi connectivity index (χ0v) is 9.61. The van der Waals surface area contributed by atoms with Gasteiger partial charge in [-0.3, -0.25) is 10.2 Å². The van der Waals surface area contributed by atoms with Crippen LogP contribution in [0.3, 0.4) is 0 Å². The van der Waals surface area contributed by atoms with E-state index in [2.05, 4.69) is 0 Å². The van der Waals surface area contributed by atoms with Gasteiger partial charge in [-0.25, -0.2) is 5.84 Å². The number of amides is 1. The first-order chi connectivity index (χ1) is 7.84. The Bertz CT molecular complexity index is 283. The summed E-state index contributed by atoms with van der Waals surface area (Å²) >= 11 is 0. The van der Waals surface area contributed by atoms with Gasteiger partial charge in [0.2, 0.25) is 0 Å². The van der Waals surface area contributed by atoms with E-state index in [1.54, 1.807) is 24.3 Å². The summed E-state index contributed by atoms with van der Waals surface area (Å²) < 4.78 is 0. The molecule has 1 saturated carbocycles. The Morgan fingerprint density at radius 2 is 1.38 bits per heavy atom. The summed E-state index contributed by atoms with van der Waals surface area (Å²) in [5, 5.41) is 0. The van der Waals surface area contributed by atoms with Crippen molar-refractivity contribution in [2.45, 2.75) is 38.5 Å². The number of nitrogen functional groups attached to an aromatic ring is 1. The number of hydrogen-bond donors (Lipinski definition) is 2. The fourth-order valence-electron chi connectivity index (χ4n) is 1.73. The first kappa shape index (κ1) is 12.7. The molecule has 0 radical (unpaired) electrons. The van der Waals surface area contributed by atoms with E-state index in [9.17, 15) is 4.79 Å². The number of benzene rings is 1. The van der Waals surface area contributed by atoms with Gasteiger partial charge in [-0.15, -0.1) is 0 Å². The van der Waals surface area contributed by atoms with Crippen LogP contribution in [0.4, 0.5) is 0 Å². The highest BCUT2D eigenvalue weighted by atomic mass is 16.2. The molecule has 0 saturated heterocycles. The van der Waals surface area contributed by atoms with Gasteiger partial charge in [0.1, 0.15) is 0 Å². The first-order valence-corrected chi connectivity index (χ1v) is 5.90. The molecule has 3 N–H and O–H groups in total. The molecule has 3 nitrogen and oxygen atoms in total. The summed E-state index contributed by atoms with van der Waals surface area (Å²) in [5.74, 6) is 4.64. The van der Waals surface area contributed by atoms with Crippen LogP contribution >= 0.6 is 0 Å². The predicted molar refractivity (Wildman–Crippen MR) is 65.8 cm³/mol. The molecule has 16 heavy (non-hydrogen) atoms. The lowest BCUT2D eigenvalue weighted by molar-refractivity contribution is 0.0953. The normalized spacial score (nSPS) is 14.6. The molecule has 88 valence electrons. The lowest BCUT2D eigenvalue weighted by Crippen LogP contribution is -2.29. The fraction of sp³-hybridized carbons (Fsp3) is 0.462. The minimum absolute atomic E-state index is 0.263. The maximum absolute atomic E-state index is 10.8. The number of nitrogens with one attached hydrogen (secondary N) is 1. The number of nitrogens with two attached hydrogens (primary N) is 1. The van der Waals surface area contributed by atoms with E-state index in [1.165, 1.54) is 38.5 Å². The van der Waals surface area contributed by atoms with Crippen LogP contribution in [0.1, 0.15) is 48.9 Å². The van der Waals surface area contributed by atoms with Gasteiger partial charge in [-0.1, -0.05) is 56.7 Å². The smallest absolute Gasteiger partial charge is 0.265 e. The van der Waals surface area contributed by atoms with E-state index in [0.717, 1.165) is 0 Å². The van der Waals surface area contributed by atoms with Crippen LogP contribution in [0.25, 0.3) is 0 Å². The van der Waals surface area contributed by atoms with Crippen LogP contribution in [-0.4, -0.2) is 5.91 Å². The van der Waals surface area contributed by atoms with Gasteiger partial charge in [0.25, 0.3) is 5.91 Å². The number of hydrogen-bond acceptors (Lipinski definition) is 2. The molecule has 0 unspecified atom stereocenters. The molecule has 0 atom stereocenters. The van der Waals surface area contributed by atoms with Crippen molar-refractivity contribution in [1.82, 2.24) is 5.43 Å². The van der Waals surface area contributed by atoms with Gasteiger partial charge in [0, 0.05) is 5.56 Å². The van der Waals surface area contributed by atoms with Crippen LogP contribution in [0.2, 0.25) is 0 Å². The van der Waals surface area contributed by atoms with Crippen molar-refractivity contribution in [3.05, 3.63) is 35.9 Å². The highest BCUT2D eigenvalue weighted by Crippen LogP contribution is 2.15. The van der Waals surface area contributed by atoms with E-state index in [1.807, 2.05) is 11.5 Å². The summed E-state index contributed by atoms with van der Waals surface area (Å²) in [5.41, 5.74) is 2.62. The summed E-state index contributed by atoms with van der Waals surface area (Å²) in [7, 11) is 0. The van der Waals surface area contributed by atoms with Crippen molar-refractivity contribution in [2.75, 3.05) is 0 Å². The minimum Gasteiger partial charge on any atom is -0.290 e. The second-order valence-electron chi connectivity index (χ2n) is 3.96. The average molecular weight is 220 g/mol. The second-order valence-corrected chi connectivity index (χ2v) is 3.96. The van der Waals surface area contributed by atoms with Crippen LogP contribution in [0.5, 0.6) is 0 Å². The number of rotatable bonds is 1. The van der Waals surface area contributed by atoms with Gasteiger partial charge in [-0.2, -0.15) is 0 Å². The fourth-order valence-corrected chi connectivity index (χ4v) is 1.73. The van der Waals surface area contributed by atoms with Gasteiger partial charge in [0.05, 0.1) is 0 Å². The molecule has 2 rings (SSSR count).